The molecule has 2 heterocycles. The molecule has 5 heteroatoms. The highest BCUT2D eigenvalue weighted by Crippen LogP contribution is 2.21. The van der Waals surface area contributed by atoms with Crippen LogP contribution in [0.25, 0.3) is 0 Å². The third-order valence-corrected chi connectivity index (χ3v) is 3.81. The van der Waals surface area contributed by atoms with Gasteiger partial charge in [-0.15, -0.1) is 0 Å². The van der Waals surface area contributed by atoms with Gasteiger partial charge >= 0.3 is 0 Å². The molecule has 2 rings (SSSR count). The maximum atomic E-state index is 12.4. The molecule has 0 aromatic rings. The van der Waals surface area contributed by atoms with Gasteiger partial charge in [0, 0.05) is 32.5 Å². The van der Waals surface area contributed by atoms with Crippen molar-refractivity contribution >= 4 is 17.5 Å². The standard InChI is InChI=1S/C13H21N3O2/c1-3-10-6-4-5-9-16(10)13(18)11-7-8-12(17)15(2)14-11/h10H,3-9H2,1-2H3. The quantitative estimate of drug-likeness (QED) is 0.744. The van der Waals surface area contributed by atoms with Crippen LogP contribution in [-0.4, -0.2) is 47.1 Å². The smallest absolute Gasteiger partial charge is 0.270 e. The molecule has 0 aromatic carbocycles. The summed E-state index contributed by atoms with van der Waals surface area (Å²) in [6, 6.07) is 0.344. The molecular formula is C13H21N3O2. The zero-order valence-corrected chi connectivity index (χ0v) is 11.2. The number of carbonyl (C=O) groups excluding carboxylic acids is 2. The molecule has 0 saturated carbocycles. The third-order valence-electron chi connectivity index (χ3n) is 3.81. The van der Waals surface area contributed by atoms with E-state index in [0.717, 1.165) is 25.8 Å². The topological polar surface area (TPSA) is 53.0 Å². The maximum absolute atomic E-state index is 12.4. The largest absolute Gasteiger partial charge is 0.335 e. The number of hydrogen-bond acceptors (Lipinski definition) is 3. The number of piperidine rings is 1. The summed E-state index contributed by atoms with van der Waals surface area (Å²) >= 11 is 0. The molecule has 0 N–H and O–H groups in total. The normalized spacial score (nSPS) is 25.1. The van der Waals surface area contributed by atoms with Crippen molar-refractivity contribution < 1.29 is 9.59 Å². The van der Waals surface area contributed by atoms with Crippen molar-refractivity contribution in [3.63, 3.8) is 0 Å². The first-order valence-electron chi connectivity index (χ1n) is 6.78. The summed E-state index contributed by atoms with van der Waals surface area (Å²) in [6.07, 6.45) is 5.23. The van der Waals surface area contributed by atoms with E-state index in [1.165, 1.54) is 11.4 Å². The van der Waals surface area contributed by atoms with Crippen molar-refractivity contribution in [2.75, 3.05) is 13.6 Å². The molecule has 1 unspecified atom stereocenters. The van der Waals surface area contributed by atoms with Gasteiger partial charge in [-0.1, -0.05) is 6.92 Å². The molecule has 0 radical (unpaired) electrons. The average Bonchev–Trinajstić information content (AvgIpc) is 2.41. The number of carbonyl (C=O) groups is 2. The first-order valence-corrected chi connectivity index (χ1v) is 6.78. The van der Waals surface area contributed by atoms with Gasteiger partial charge in [-0.2, -0.15) is 5.10 Å². The predicted molar refractivity (Wildman–Crippen MR) is 69.1 cm³/mol. The fourth-order valence-electron chi connectivity index (χ4n) is 2.68. The van der Waals surface area contributed by atoms with Gasteiger partial charge in [0.15, 0.2) is 0 Å². The van der Waals surface area contributed by atoms with Crippen molar-refractivity contribution in [1.82, 2.24) is 9.91 Å². The van der Waals surface area contributed by atoms with Crippen molar-refractivity contribution in [2.24, 2.45) is 5.10 Å². The Morgan fingerprint density at radius 3 is 2.83 bits per heavy atom. The summed E-state index contributed by atoms with van der Waals surface area (Å²) in [7, 11) is 1.61. The second kappa shape index (κ2) is 5.50. The number of likely N-dealkylation sites (tertiary alicyclic amines) is 1. The first kappa shape index (κ1) is 13.1. The first-order chi connectivity index (χ1) is 8.63. The van der Waals surface area contributed by atoms with E-state index in [1.807, 2.05) is 4.90 Å². The average molecular weight is 251 g/mol. The van der Waals surface area contributed by atoms with E-state index in [-0.39, 0.29) is 11.8 Å². The van der Waals surface area contributed by atoms with Gasteiger partial charge in [0.2, 0.25) is 5.91 Å². The molecule has 2 amide bonds. The molecule has 1 saturated heterocycles. The summed E-state index contributed by atoms with van der Waals surface area (Å²) in [5.74, 6) is 0.0122. The molecule has 1 atom stereocenters. The summed E-state index contributed by atoms with van der Waals surface area (Å²) in [4.78, 5) is 25.7. The lowest BCUT2D eigenvalue weighted by molar-refractivity contribution is -0.131. The molecule has 5 nitrogen and oxygen atoms in total. The summed E-state index contributed by atoms with van der Waals surface area (Å²) < 4.78 is 0. The highest BCUT2D eigenvalue weighted by Gasteiger charge is 2.30. The molecule has 18 heavy (non-hydrogen) atoms. The fraction of sp³-hybridized carbons (Fsp3) is 0.769. The zero-order valence-electron chi connectivity index (χ0n) is 11.2. The van der Waals surface area contributed by atoms with Crippen LogP contribution >= 0.6 is 0 Å². The highest BCUT2D eigenvalue weighted by molar-refractivity contribution is 6.39. The van der Waals surface area contributed by atoms with E-state index in [4.69, 9.17) is 0 Å². The van der Waals surface area contributed by atoms with Crippen LogP contribution in [0.3, 0.4) is 0 Å². The predicted octanol–water partition coefficient (Wildman–Crippen LogP) is 1.39. The molecule has 0 bridgehead atoms. The molecule has 1 fully saturated rings. The Morgan fingerprint density at radius 1 is 1.39 bits per heavy atom. The Kier molecular flexibility index (Phi) is 3.99. The van der Waals surface area contributed by atoms with Gasteiger partial charge in [0.05, 0.1) is 0 Å². The van der Waals surface area contributed by atoms with Crippen molar-refractivity contribution in [1.29, 1.82) is 0 Å². The van der Waals surface area contributed by atoms with Gasteiger partial charge in [-0.3, -0.25) is 9.59 Å². The zero-order chi connectivity index (χ0) is 13.1. The third kappa shape index (κ3) is 2.54. The van der Waals surface area contributed by atoms with E-state index >= 15 is 0 Å². The fourth-order valence-corrected chi connectivity index (χ4v) is 2.68. The Labute approximate surface area is 108 Å². The molecule has 0 aromatic heterocycles. The Hall–Kier alpha value is -1.39. The van der Waals surface area contributed by atoms with Crippen LogP contribution in [-0.2, 0) is 9.59 Å². The lowest BCUT2D eigenvalue weighted by Crippen LogP contribution is -2.48. The van der Waals surface area contributed by atoms with E-state index < -0.39 is 0 Å². The number of hydrazone groups is 1. The Morgan fingerprint density at radius 2 is 2.17 bits per heavy atom. The van der Waals surface area contributed by atoms with Gasteiger partial charge in [0.1, 0.15) is 5.71 Å². The maximum Gasteiger partial charge on any atom is 0.270 e. The van der Waals surface area contributed by atoms with Crippen LogP contribution in [0.1, 0.15) is 45.4 Å². The van der Waals surface area contributed by atoms with Gasteiger partial charge in [-0.25, -0.2) is 5.01 Å². The molecular weight excluding hydrogens is 230 g/mol. The number of rotatable bonds is 2. The van der Waals surface area contributed by atoms with Crippen molar-refractivity contribution in [2.45, 2.75) is 51.5 Å². The molecule has 2 aliphatic rings. The summed E-state index contributed by atoms with van der Waals surface area (Å²) in [5, 5.41) is 5.41. The van der Waals surface area contributed by atoms with Crippen molar-refractivity contribution in [3.05, 3.63) is 0 Å². The monoisotopic (exact) mass is 251 g/mol. The number of amides is 2. The summed E-state index contributed by atoms with van der Waals surface area (Å²) in [6.45, 7) is 2.95. The molecule has 100 valence electrons. The van der Waals surface area contributed by atoms with Crippen LogP contribution in [0, 0.1) is 0 Å². The highest BCUT2D eigenvalue weighted by atomic mass is 16.2. The van der Waals surface area contributed by atoms with Crippen LogP contribution < -0.4 is 0 Å². The van der Waals surface area contributed by atoms with E-state index in [2.05, 4.69) is 12.0 Å². The van der Waals surface area contributed by atoms with Crippen molar-refractivity contribution in [3.8, 4) is 0 Å². The van der Waals surface area contributed by atoms with E-state index in [1.54, 1.807) is 7.05 Å². The molecule has 0 aliphatic carbocycles. The van der Waals surface area contributed by atoms with Crippen LogP contribution in [0.4, 0.5) is 0 Å². The molecule has 0 spiro atoms. The molecule has 2 aliphatic heterocycles. The number of nitrogens with zero attached hydrogens (tertiary/aromatic N) is 3. The minimum Gasteiger partial charge on any atom is -0.335 e. The minimum absolute atomic E-state index is 0.0164. The Balaban J connectivity index is 2.10. The lowest BCUT2D eigenvalue weighted by atomic mass is 9.98. The lowest BCUT2D eigenvalue weighted by Gasteiger charge is -2.36. The van der Waals surface area contributed by atoms with E-state index in [9.17, 15) is 9.59 Å². The van der Waals surface area contributed by atoms with Gasteiger partial charge in [0.25, 0.3) is 5.91 Å². The number of hydrogen-bond donors (Lipinski definition) is 0. The SMILES string of the molecule is CCC1CCCCN1C(=O)C1=NN(C)C(=O)CC1. The van der Waals surface area contributed by atoms with Crippen LogP contribution in [0.2, 0.25) is 0 Å². The van der Waals surface area contributed by atoms with Gasteiger partial charge < -0.3 is 4.90 Å². The summed E-state index contributed by atoms with van der Waals surface area (Å²) in [5.41, 5.74) is 0.539. The second-order valence-electron chi connectivity index (χ2n) is 5.02. The van der Waals surface area contributed by atoms with Crippen LogP contribution in [0.5, 0.6) is 0 Å². The van der Waals surface area contributed by atoms with E-state index in [0.29, 0.717) is 24.6 Å². The second-order valence-corrected chi connectivity index (χ2v) is 5.02. The Bertz CT molecular complexity index is 378. The minimum atomic E-state index is -0.0164. The van der Waals surface area contributed by atoms with Gasteiger partial charge in [-0.05, 0) is 25.7 Å². The van der Waals surface area contributed by atoms with Crippen LogP contribution in [0.15, 0.2) is 5.10 Å².